The van der Waals surface area contributed by atoms with Gasteiger partial charge in [0, 0.05) is 25.0 Å². The first-order chi connectivity index (χ1) is 7.34. The summed E-state index contributed by atoms with van der Waals surface area (Å²) in [6.45, 7) is 2.36. The van der Waals surface area contributed by atoms with Crippen LogP contribution in [0.25, 0.3) is 5.52 Å². The molecule has 3 rings (SSSR count). The van der Waals surface area contributed by atoms with Gasteiger partial charge in [-0.05, 0) is 40.9 Å². The van der Waals surface area contributed by atoms with E-state index in [0.29, 0.717) is 0 Å². The van der Waals surface area contributed by atoms with Gasteiger partial charge in [-0.15, -0.1) is 0 Å². The molecule has 0 aromatic carbocycles. The summed E-state index contributed by atoms with van der Waals surface area (Å²) in [5.41, 5.74) is 2.45. The third kappa shape index (κ3) is 1.53. The maximum atomic E-state index is 4.22. The van der Waals surface area contributed by atoms with Crippen LogP contribution in [0.2, 0.25) is 0 Å². The Morgan fingerprint density at radius 3 is 2.87 bits per heavy atom. The number of fused-ring (bicyclic) bond motifs is 1. The fraction of sp³-hybridized carbons (Fsp3) is 0.364. The van der Waals surface area contributed by atoms with Crippen molar-refractivity contribution in [3.05, 3.63) is 29.3 Å². The molecule has 0 radical (unpaired) electrons. The first-order valence-corrected chi connectivity index (χ1v) is 6.01. The normalized spacial score (nSPS) is 16.5. The number of nitrogens with zero attached hydrogens (tertiary/aromatic N) is 3. The largest absolute Gasteiger partial charge is 0.371 e. The van der Waals surface area contributed by atoms with E-state index in [1.165, 1.54) is 31.6 Å². The summed E-state index contributed by atoms with van der Waals surface area (Å²) < 4.78 is 2.95. The van der Waals surface area contributed by atoms with Crippen molar-refractivity contribution >= 4 is 27.1 Å². The second-order valence-corrected chi connectivity index (χ2v) is 4.66. The molecule has 2 aromatic rings. The third-order valence-electron chi connectivity index (χ3n) is 2.95. The molecular weight excluding hydrogens is 254 g/mol. The molecule has 0 amide bonds. The highest BCUT2D eigenvalue weighted by Gasteiger charge is 2.13. The second-order valence-electron chi connectivity index (χ2n) is 3.91. The van der Waals surface area contributed by atoms with Gasteiger partial charge in [0.2, 0.25) is 0 Å². The fourth-order valence-electron chi connectivity index (χ4n) is 2.12. The van der Waals surface area contributed by atoms with Crippen LogP contribution in [-0.4, -0.2) is 22.5 Å². The van der Waals surface area contributed by atoms with Gasteiger partial charge in [0.25, 0.3) is 0 Å². The monoisotopic (exact) mass is 265 g/mol. The average Bonchev–Trinajstić information content (AvgIpc) is 2.88. The van der Waals surface area contributed by atoms with Crippen LogP contribution in [0.4, 0.5) is 5.69 Å². The minimum absolute atomic E-state index is 0.920. The van der Waals surface area contributed by atoms with Crippen molar-refractivity contribution < 1.29 is 0 Å². The molecule has 4 heteroatoms. The quantitative estimate of drug-likeness (QED) is 0.791. The molecule has 1 aliphatic heterocycles. The van der Waals surface area contributed by atoms with E-state index in [9.17, 15) is 0 Å². The zero-order valence-corrected chi connectivity index (χ0v) is 9.94. The number of imidazole rings is 1. The van der Waals surface area contributed by atoms with Gasteiger partial charge in [0.15, 0.2) is 0 Å². The van der Waals surface area contributed by atoms with Crippen molar-refractivity contribution in [1.29, 1.82) is 0 Å². The van der Waals surface area contributed by atoms with Crippen LogP contribution in [0.1, 0.15) is 12.8 Å². The highest BCUT2D eigenvalue weighted by atomic mass is 79.9. The van der Waals surface area contributed by atoms with Crippen molar-refractivity contribution in [3.8, 4) is 0 Å². The van der Waals surface area contributed by atoms with Crippen molar-refractivity contribution in [3.63, 3.8) is 0 Å². The molecule has 3 nitrogen and oxygen atoms in total. The number of halogens is 1. The molecule has 1 saturated heterocycles. The minimum Gasteiger partial charge on any atom is -0.371 e. The maximum Gasteiger partial charge on any atom is 0.131 e. The van der Waals surface area contributed by atoms with E-state index >= 15 is 0 Å². The zero-order chi connectivity index (χ0) is 10.3. The van der Waals surface area contributed by atoms with E-state index in [1.807, 2.05) is 10.7 Å². The van der Waals surface area contributed by atoms with E-state index in [-0.39, 0.29) is 0 Å². The minimum atomic E-state index is 0.920. The smallest absolute Gasteiger partial charge is 0.131 e. The van der Waals surface area contributed by atoms with Gasteiger partial charge >= 0.3 is 0 Å². The van der Waals surface area contributed by atoms with Crippen LogP contribution in [0, 0.1) is 0 Å². The molecule has 15 heavy (non-hydrogen) atoms. The Bertz CT molecular complexity index is 486. The average molecular weight is 266 g/mol. The Labute approximate surface area is 96.9 Å². The Morgan fingerprint density at radius 1 is 1.27 bits per heavy atom. The second kappa shape index (κ2) is 3.52. The lowest BCUT2D eigenvalue weighted by atomic mass is 10.3. The van der Waals surface area contributed by atoms with E-state index in [2.05, 4.69) is 44.1 Å². The molecule has 1 aliphatic rings. The standard InChI is InChI=1S/C11H12BrN3/c12-11-10-7-9(14-4-1-2-5-14)3-6-15(10)8-13-11/h3,6-8H,1-2,4-5H2. The van der Waals surface area contributed by atoms with Gasteiger partial charge in [-0.3, -0.25) is 0 Å². The lowest BCUT2D eigenvalue weighted by Gasteiger charge is -2.17. The SMILES string of the molecule is Brc1ncn2ccc(N3CCCC3)cc12. The van der Waals surface area contributed by atoms with Crippen LogP contribution in [-0.2, 0) is 0 Å². The maximum absolute atomic E-state index is 4.22. The molecule has 1 fully saturated rings. The summed E-state index contributed by atoms with van der Waals surface area (Å²) in [7, 11) is 0. The lowest BCUT2D eigenvalue weighted by Crippen LogP contribution is -2.17. The highest BCUT2D eigenvalue weighted by molar-refractivity contribution is 9.10. The predicted molar refractivity (Wildman–Crippen MR) is 64.3 cm³/mol. The molecule has 3 heterocycles. The lowest BCUT2D eigenvalue weighted by molar-refractivity contribution is 0.949. The molecule has 0 spiro atoms. The van der Waals surface area contributed by atoms with Crippen LogP contribution in [0.15, 0.2) is 29.3 Å². The van der Waals surface area contributed by atoms with Gasteiger partial charge in [-0.1, -0.05) is 0 Å². The summed E-state index contributed by atoms with van der Waals surface area (Å²) in [6.07, 6.45) is 6.52. The molecule has 78 valence electrons. The van der Waals surface area contributed by atoms with Crippen LogP contribution >= 0.6 is 15.9 Å². The van der Waals surface area contributed by atoms with E-state index in [1.54, 1.807) is 0 Å². The Morgan fingerprint density at radius 2 is 2.07 bits per heavy atom. The summed E-state index contributed by atoms with van der Waals surface area (Å²) in [6, 6.07) is 4.36. The molecular formula is C11H12BrN3. The summed E-state index contributed by atoms with van der Waals surface area (Å²) in [4.78, 5) is 6.65. The summed E-state index contributed by atoms with van der Waals surface area (Å²) in [5, 5.41) is 0. The number of pyridine rings is 1. The van der Waals surface area contributed by atoms with Gasteiger partial charge in [0.05, 0.1) is 5.52 Å². The molecule has 2 aromatic heterocycles. The zero-order valence-electron chi connectivity index (χ0n) is 8.36. The van der Waals surface area contributed by atoms with Gasteiger partial charge in [-0.2, -0.15) is 0 Å². The van der Waals surface area contributed by atoms with Crippen molar-refractivity contribution in [2.24, 2.45) is 0 Å². The van der Waals surface area contributed by atoms with E-state index < -0.39 is 0 Å². The molecule has 0 bridgehead atoms. The fourth-order valence-corrected chi connectivity index (χ4v) is 2.53. The van der Waals surface area contributed by atoms with Crippen molar-refractivity contribution in [1.82, 2.24) is 9.38 Å². The molecule has 0 atom stereocenters. The Hall–Kier alpha value is -1.03. The predicted octanol–water partition coefficient (Wildman–Crippen LogP) is 2.70. The number of anilines is 1. The van der Waals surface area contributed by atoms with Crippen LogP contribution in [0.5, 0.6) is 0 Å². The number of hydrogen-bond acceptors (Lipinski definition) is 2. The van der Waals surface area contributed by atoms with E-state index in [0.717, 1.165) is 10.1 Å². The van der Waals surface area contributed by atoms with E-state index in [4.69, 9.17) is 0 Å². The van der Waals surface area contributed by atoms with Crippen LogP contribution in [0.3, 0.4) is 0 Å². The Kier molecular flexibility index (Phi) is 2.16. The van der Waals surface area contributed by atoms with Gasteiger partial charge in [-0.25, -0.2) is 4.98 Å². The first-order valence-electron chi connectivity index (χ1n) is 5.22. The third-order valence-corrected chi connectivity index (χ3v) is 3.56. The van der Waals surface area contributed by atoms with Gasteiger partial charge in [0.1, 0.15) is 10.9 Å². The molecule has 0 N–H and O–H groups in total. The van der Waals surface area contributed by atoms with Gasteiger partial charge < -0.3 is 9.30 Å². The molecule has 0 aliphatic carbocycles. The molecule has 0 unspecified atom stereocenters. The van der Waals surface area contributed by atoms with Crippen molar-refractivity contribution in [2.75, 3.05) is 18.0 Å². The highest BCUT2D eigenvalue weighted by Crippen LogP contribution is 2.24. The first kappa shape index (κ1) is 9.21. The number of aromatic nitrogens is 2. The Balaban J connectivity index is 2.08. The number of rotatable bonds is 1. The van der Waals surface area contributed by atoms with Crippen LogP contribution < -0.4 is 4.90 Å². The molecule has 0 saturated carbocycles. The van der Waals surface area contributed by atoms with Crippen molar-refractivity contribution in [2.45, 2.75) is 12.8 Å². The topological polar surface area (TPSA) is 20.5 Å². The number of hydrogen-bond donors (Lipinski definition) is 0. The summed E-state index contributed by atoms with van der Waals surface area (Å²) >= 11 is 3.46. The summed E-state index contributed by atoms with van der Waals surface area (Å²) in [5.74, 6) is 0.